The maximum absolute atomic E-state index is 5.31. The zero-order valence-corrected chi connectivity index (χ0v) is 10.0. The van der Waals surface area contributed by atoms with Gasteiger partial charge in [0.2, 0.25) is 0 Å². The summed E-state index contributed by atoms with van der Waals surface area (Å²) in [5.74, 6) is 0.449. The molecule has 88 valence electrons. The minimum Gasteiger partial charge on any atom is -0.379 e. The van der Waals surface area contributed by atoms with Crippen molar-refractivity contribution in [2.45, 2.75) is 26.3 Å². The zero-order chi connectivity index (χ0) is 11.4. The van der Waals surface area contributed by atoms with E-state index in [4.69, 9.17) is 4.74 Å². The van der Waals surface area contributed by atoms with E-state index in [1.165, 1.54) is 0 Å². The molecule has 0 aromatic carbocycles. The lowest BCUT2D eigenvalue weighted by molar-refractivity contribution is 0.0336. The third kappa shape index (κ3) is 3.00. The van der Waals surface area contributed by atoms with Crippen molar-refractivity contribution in [2.24, 2.45) is 0 Å². The molecule has 2 heterocycles. The molecule has 0 aliphatic carbocycles. The van der Waals surface area contributed by atoms with Crippen LogP contribution in [0.5, 0.6) is 0 Å². The first-order valence-corrected chi connectivity index (χ1v) is 5.86. The van der Waals surface area contributed by atoms with Crippen LogP contribution in [-0.2, 0) is 11.3 Å². The Kier molecular flexibility index (Phi) is 3.85. The molecule has 16 heavy (non-hydrogen) atoms. The number of rotatable bonds is 3. The Morgan fingerprint density at radius 2 is 2.00 bits per heavy atom. The lowest BCUT2D eigenvalue weighted by atomic mass is 10.1. The first-order chi connectivity index (χ1) is 7.75. The van der Waals surface area contributed by atoms with E-state index in [9.17, 15) is 0 Å². The fourth-order valence-electron chi connectivity index (χ4n) is 1.73. The van der Waals surface area contributed by atoms with E-state index >= 15 is 0 Å². The summed E-state index contributed by atoms with van der Waals surface area (Å²) < 4.78 is 5.31. The highest BCUT2D eigenvalue weighted by atomic mass is 16.5. The highest BCUT2D eigenvalue weighted by Gasteiger charge is 2.11. The number of morpholine rings is 1. The van der Waals surface area contributed by atoms with Crippen LogP contribution in [0.2, 0.25) is 0 Å². The first-order valence-electron chi connectivity index (χ1n) is 5.86. The van der Waals surface area contributed by atoms with Gasteiger partial charge in [-0.1, -0.05) is 13.8 Å². The Hall–Kier alpha value is -1.00. The molecule has 1 aliphatic rings. The number of ether oxygens (including phenoxy) is 1. The molecule has 0 atom stereocenters. The van der Waals surface area contributed by atoms with Gasteiger partial charge in [-0.15, -0.1) is 0 Å². The van der Waals surface area contributed by atoms with Crippen molar-refractivity contribution in [3.63, 3.8) is 0 Å². The summed E-state index contributed by atoms with van der Waals surface area (Å²) in [6.45, 7) is 8.79. The highest BCUT2D eigenvalue weighted by molar-refractivity contribution is 5.05. The molecular weight excluding hydrogens is 202 g/mol. The SMILES string of the molecule is CC(C)c1cnc(CN2CCOCC2)cn1. The molecule has 1 fully saturated rings. The molecule has 0 spiro atoms. The van der Waals surface area contributed by atoms with Crippen molar-refractivity contribution in [1.29, 1.82) is 0 Å². The summed E-state index contributed by atoms with van der Waals surface area (Å²) in [6.07, 6.45) is 3.78. The highest BCUT2D eigenvalue weighted by Crippen LogP contribution is 2.10. The molecular formula is C12H19N3O. The summed E-state index contributed by atoms with van der Waals surface area (Å²) >= 11 is 0. The summed E-state index contributed by atoms with van der Waals surface area (Å²) in [4.78, 5) is 11.2. The molecule has 0 bridgehead atoms. The fourth-order valence-corrected chi connectivity index (χ4v) is 1.73. The second-order valence-corrected chi connectivity index (χ2v) is 4.48. The molecule has 0 amide bonds. The van der Waals surface area contributed by atoms with Crippen molar-refractivity contribution in [3.05, 3.63) is 23.8 Å². The van der Waals surface area contributed by atoms with Crippen molar-refractivity contribution in [1.82, 2.24) is 14.9 Å². The molecule has 1 saturated heterocycles. The molecule has 1 aromatic heterocycles. The predicted octanol–water partition coefficient (Wildman–Crippen LogP) is 1.43. The molecule has 1 aromatic rings. The van der Waals surface area contributed by atoms with Crippen molar-refractivity contribution in [3.8, 4) is 0 Å². The van der Waals surface area contributed by atoms with Gasteiger partial charge in [0.05, 0.1) is 30.8 Å². The summed E-state index contributed by atoms with van der Waals surface area (Å²) in [7, 11) is 0. The lowest BCUT2D eigenvalue weighted by Crippen LogP contribution is -2.35. The van der Waals surface area contributed by atoms with Crippen LogP contribution in [0, 0.1) is 0 Å². The fraction of sp³-hybridized carbons (Fsp3) is 0.667. The molecule has 0 saturated carbocycles. The minimum atomic E-state index is 0.449. The minimum absolute atomic E-state index is 0.449. The first kappa shape index (κ1) is 11.5. The number of nitrogens with zero attached hydrogens (tertiary/aromatic N) is 3. The Balaban J connectivity index is 1.93. The summed E-state index contributed by atoms with van der Waals surface area (Å²) in [5, 5.41) is 0. The van der Waals surface area contributed by atoms with Crippen LogP contribution in [0.1, 0.15) is 31.2 Å². The van der Waals surface area contributed by atoms with Gasteiger partial charge in [0.1, 0.15) is 0 Å². The van der Waals surface area contributed by atoms with E-state index in [1.54, 1.807) is 0 Å². The van der Waals surface area contributed by atoms with Crippen molar-refractivity contribution < 1.29 is 4.74 Å². The molecule has 4 nitrogen and oxygen atoms in total. The quantitative estimate of drug-likeness (QED) is 0.774. The Labute approximate surface area is 96.7 Å². The predicted molar refractivity (Wildman–Crippen MR) is 62.2 cm³/mol. The van der Waals surface area contributed by atoms with Crippen molar-refractivity contribution >= 4 is 0 Å². The van der Waals surface area contributed by atoms with E-state index in [0.29, 0.717) is 5.92 Å². The van der Waals surface area contributed by atoms with Crippen LogP contribution in [-0.4, -0.2) is 41.2 Å². The molecule has 0 radical (unpaired) electrons. The summed E-state index contributed by atoms with van der Waals surface area (Å²) in [5.41, 5.74) is 2.11. The molecule has 0 unspecified atom stereocenters. The second kappa shape index (κ2) is 5.37. The molecule has 0 N–H and O–H groups in total. The zero-order valence-electron chi connectivity index (χ0n) is 10.0. The monoisotopic (exact) mass is 221 g/mol. The van der Waals surface area contributed by atoms with Gasteiger partial charge < -0.3 is 4.74 Å². The van der Waals surface area contributed by atoms with Crippen LogP contribution in [0.4, 0.5) is 0 Å². The van der Waals surface area contributed by atoms with E-state index in [2.05, 4.69) is 28.7 Å². The third-order valence-electron chi connectivity index (χ3n) is 2.81. The largest absolute Gasteiger partial charge is 0.379 e. The van der Waals surface area contributed by atoms with E-state index in [-0.39, 0.29) is 0 Å². The average molecular weight is 221 g/mol. The Morgan fingerprint density at radius 1 is 1.25 bits per heavy atom. The van der Waals surface area contributed by atoms with Crippen molar-refractivity contribution in [2.75, 3.05) is 26.3 Å². The molecule has 4 heteroatoms. The van der Waals surface area contributed by atoms with Gasteiger partial charge in [-0.25, -0.2) is 0 Å². The Bertz CT molecular complexity index is 318. The van der Waals surface area contributed by atoms with Gasteiger partial charge in [-0.05, 0) is 5.92 Å². The maximum Gasteiger partial charge on any atom is 0.0727 e. The van der Waals surface area contributed by atoms with E-state index in [0.717, 1.165) is 44.2 Å². The van der Waals surface area contributed by atoms with Gasteiger partial charge in [-0.2, -0.15) is 0 Å². The number of aromatic nitrogens is 2. The van der Waals surface area contributed by atoms with Gasteiger partial charge in [0.25, 0.3) is 0 Å². The number of hydrogen-bond acceptors (Lipinski definition) is 4. The van der Waals surface area contributed by atoms with Gasteiger partial charge in [0, 0.05) is 25.8 Å². The van der Waals surface area contributed by atoms with Crippen LogP contribution in [0.25, 0.3) is 0 Å². The topological polar surface area (TPSA) is 38.2 Å². The van der Waals surface area contributed by atoms with Crippen LogP contribution < -0.4 is 0 Å². The second-order valence-electron chi connectivity index (χ2n) is 4.48. The standard InChI is InChI=1S/C12H19N3O/c1-10(2)12-8-13-11(7-14-12)9-15-3-5-16-6-4-15/h7-8,10H,3-6,9H2,1-2H3. The smallest absolute Gasteiger partial charge is 0.0727 e. The van der Waals surface area contributed by atoms with Gasteiger partial charge in [-0.3, -0.25) is 14.9 Å². The van der Waals surface area contributed by atoms with Crippen LogP contribution >= 0.6 is 0 Å². The maximum atomic E-state index is 5.31. The number of hydrogen-bond donors (Lipinski definition) is 0. The van der Waals surface area contributed by atoms with Gasteiger partial charge >= 0.3 is 0 Å². The van der Waals surface area contributed by atoms with Crippen LogP contribution in [0.15, 0.2) is 12.4 Å². The normalized spacial score (nSPS) is 17.9. The Morgan fingerprint density at radius 3 is 2.56 bits per heavy atom. The average Bonchev–Trinajstić information content (AvgIpc) is 2.31. The lowest BCUT2D eigenvalue weighted by Gasteiger charge is -2.26. The van der Waals surface area contributed by atoms with Gasteiger partial charge in [0.15, 0.2) is 0 Å². The van der Waals surface area contributed by atoms with Crippen LogP contribution in [0.3, 0.4) is 0 Å². The van der Waals surface area contributed by atoms with E-state index < -0.39 is 0 Å². The molecule has 2 rings (SSSR count). The summed E-state index contributed by atoms with van der Waals surface area (Å²) in [6, 6.07) is 0. The van der Waals surface area contributed by atoms with E-state index in [1.807, 2.05) is 12.4 Å². The third-order valence-corrected chi connectivity index (χ3v) is 2.81. The molecule has 1 aliphatic heterocycles.